The van der Waals surface area contributed by atoms with Gasteiger partial charge in [0.25, 0.3) is 0 Å². The number of aliphatic carboxylic acids is 1. The second-order valence-corrected chi connectivity index (χ2v) is 5.57. The summed E-state index contributed by atoms with van der Waals surface area (Å²) in [5, 5.41) is 9.16. The monoisotopic (exact) mass is 219 g/mol. The van der Waals surface area contributed by atoms with Crippen LogP contribution < -0.4 is 0 Å². The van der Waals surface area contributed by atoms with Crippen LogP contribution in [0.1, 0.15) is 44.9 Å². The maximum atomic E-state index is 11.1. The van der Waals surface area contributed by atoms with Gasteiger partial charge in [0.15, 0.2) is 0 Å². The van der Waals surface area contributed by atoms with E-state index in [2.05, 4.69) is 25.8 Å². The van der Waals surface area contributed by atoms with E-state index in [9.17, 15) is 4.79 Å². The highest BCUT2D eigenvalue weighted by atomic mass is 16.4. The highest BCUT2D eigenvalue weighted by Gasteiger charge is 2.51. The SMILES string of the molecule is CC(C)(C)c1ccc(C2(C(=O)O)CC2)cn1. The minimum Gasteiger partial charge on any atom is -0.481 e. The number of hydrogen-bond donors (Lipinski definition) is 1. The molecule has 1 saturated carbocycles. The van der Waals surface area contributed by atoms with Crippen LogP contribution >= 0.6 is 0 Å². The molecule has 3 nitrogen and oxygen atoms in total. The van der Waals surface area contributed by atoms with Crippen molar-refractivity contribution in [3.63, 3.8) is 0 Å². The lowest BCUT2D eigenvalue weighted by Gasteiger charge is -2.18. The molecular weight excluding hydrogens is 202 g/mol. The standard InChI is InChI=1S/C13H17NO2/c1-12(2,3)10-5-4-9(8-14-10)13(6-7-13)11(15)16/h4-5,8H,6-7H2,1-3H3,(H,15,16). The van der Waals surface area contributed by atoms with Gasteiger partial charge in [0.05, 0.1) is 5.41 Å². The van der Waals surface area contributed by atoms with Crippen LogP contribution in [0.4, 0.5) is 0 Å². The number of rotatable bonds is 2. The quantitative estimate of drug-likeness (QED) is 0.831. The lowest BCUT2D eigenvalue weighted by molar-refractivity contribution is -0.140. The average molecular weight is 219 g/mol. The molecule has 16 heavy (non-hydrogen) atoms. The topological polar surface area (TPSA) is 50.2 Å². The Morgan fingerprint density at radius 3 is 2.31 bits per heavy atom. The van der Waals surface area contributed by atoms with Crippen LogP contribution in [0.2, 0.25) is 0 Å². The summed E-state index contributed by atoms with van der Waals surface area (Å²) in [5.41, 5.74) is 1.22. The lowest BCUT2D eigenvalue weighted by Crippen LogP contribution is -2.21. The average Bonchev–Trinajstić information content (AvgIpc) is 2.97. The van der Waals surface area contributed by atoms with E-state index in [-0.39, 0.29) is 5.41 Å². The van der Waals surface area contributed by atoms with Gasteiger partial charge in [-0.2, -0.15) is 0 Å². The van der Waals surface area contributed by atoms with Crippen molar-refractivity contribution in [1.82, 2.24) is 4.98 Å². The van der Waals surface area contributed by atoms with E-state index in [1.54, 1.807) is 6.20 Å². The van der Waals surface area contributed by atoms with Crippen LogP contribution in [0.25, 0.3) is 0 Å². The predicted octanol–water partition coefficient (Wildman–Crippen LogP) is 2.50. The first kappa shape index (κ1) is 11.1. The molecular formula is C13H17NO2. The smallest absolute Gasteiger partial charge is 0.314 e. The second kappa shape index (κ2) is 3.30. The molecule has 2 rings (SSSR count). The third-order valence-corrected chi connectivity index (χ3v) is 3.24. The maximum Gasteiger partial charge on any atom is 0.314 e. The lowest BCUT2D eigenvalue weighted by atomic mass is 9.90. The molecule has 0 aromatic carbocycles. The zero-order chi connectivity index (χ0) is 12.0. The molecule has 0 saturated heterocycles. The fourth-order valence-electron chi connectivity index (χ4n) is 1.87. The van der Waals surface area contributed by atoms with Gasteiger partial charge in [0.2, 0.25) is 0 Å². The number of aromatic nitrogens is 1. The molecule has 1 N–H and O–H groups in total. The minimum absolute atomic E-state index is 0.0124. The summed E-state index contributed by atoms with van der Waals surface area (Å²) in [6.45, 7) is 6.29. The van der Waals surface area contributed by atoms with Crippen molar-refractivity contribution in [2.75, 3.05) is 0 Å². The molecule has 0 spiro atoms. The zero-order valence-corrected chi connectivity index (χ0v) is 9.95. The van der Waals surface area contributed by atoms with Crippen molar-refractivity contribution in [2.45, 2.75) is 44.4 Å². The molecule has 86 valence electrons. The van der Waals surface area contributed by atoms with Gasteiger partial charge in [-0.25, -0.2) is 0 Å². The van der Waals surface area contributed by atoms with E-state index in [1.165, 1.54) is 0 Å². The first-order valence-corrected chi connectivity index (χ1v) is 5.57. The zero-order valence-electron chi connectivity index (χ0n) is 9.95. The Kier molecular flexibility index (Phi) is 2.30. The fourth-order valence-corrected chi connectivity index (χ4v) is 1.87. The molecule has 1 aromatic heterocycles. The van der Waals surface area contributed by atoms with Crippen LogP contribution in [0.5, 0.6) is 0 Å². The van der Waals surface area contributed by atoms with E-state index in [0.29, 0.717) is 0 Å². The summed E-state index contributed by atoms with van der Waals surface area (Å²) in [6.07, 6.45) is 3.19. The van der Waals surface area contributed by atoms with Crippen molar-refractivity contribution < 1.29 is 9.90 Å². The molecule has 0 unspecified atom stereocenters. The van der Waals surface area contributed by atoms with Gasteiger partial charge < -0.3 is 5.11 Å². The Balaban J connectivity index is 2.31. The first-order valence-electron chi connectivity index (χ1n) is 5.57. The number of nitrogens with zero attached hydrogens (tertiary/aromatic N) is 1. The Morgan fingerprint density at radius 1 is 1.38 bits per heavy atom. The summed E-state index contributed by atoms with van der Waals surface area (Å²) in [6, 6.07) is 3.85. The summed E-state index contributed by atoms with van der Waals surface area (Å²) >= 11 is 0. The second-order valence-electron chi connectivity index (χ2n) is 5.57. The number of hydrogen-bond acceptors (Lipinski definition) is 2. The summed E-state index contributed by atoms with van der Waals surface area (Å²) in [4.78, 5) is 15.5. The molecule has 0 aliphatic heterocycles. The Labute approximate surface area is 95.5 Å². The molecule has 0 atom stereocenters. The highest BCUT2D eigenvalue weighted by Crippen LogP contribution is 2.48. The van der Waals surface area contributed by atoms with Crippen molar-refractivity contribution in [2.24, 2.45) is 0 Å². The van der Waals surface area contributed by atoms with Crippen LogP contribution in [-0.2, 0) is 15.6 Å². The summed E-state index contributed by atoms with van der Waals surface area (Å²) in [5.74, 6) is -0.724. The van der Waals surface area contributed by atoms with Gasteiger partial charge in [-0.05, 0) is 24.5 Å². The van der Waals surface area contributed by atoms with Crippen LogP contribution in [-0.4, -0.2) is 16.1 Å². The Hall–Kier alpha value is -1.38. The van der Waals surface area contributed by atoms with E-state index in [1.807, 2.05) is 12.1 Å². The van der Waals surface area contributed by atoms with E-state index < -0.39 is 11.4 Å². The van der Waals surface area contributed by atoms with E-state index in [4.69, 9.17) is 5.11 Å². The molecule has 1 fully saturated rings. The van der Waals surface area contributed by atoms with Crippen LogP contribution in [0, 0.1) is 0 Å². The number of pyridine rings is 1. The van der Waals surface area contributed by atoms with E-state index in [0.717, 1.165) is 24.1 Å². The summed E-state index contributed by atoms with van der Waals surface area (Å²) < 4.78 is 0. The van der Waals surface area contributed by atoms with Crippen LogP contribution in [0.3, 0.4) is 0 Å². The van der Waals surface area contributed by atoms with Crippen molar-refractivity contribution in [1.29, 1.82) is 0 Å². The number of carboxylic acid groups (broad SMARTS) is 1. The van der Waals surface area contributed by atoms with Crippen molar-refractivity contribution in [3.8, 4) is 0 Å². The molecule has 1 aromatic rings. The normalized spacial score (nSPS) is 18.2. The van der Waals surface area contributed by atoms with Gasteiger partial charge >= 0.3 is 5.97 Å². The largest absolute Gasteiger partial charge is 0.481 e. The predicted molar refractivity (Wildman–Crippen MR) is 61.5 cm³/mol. The fraction of sp³-hybridized carbons (Fsp3) is 0.538. The first-order chi connectivity index (χ1) is 7.36. The number of carboxylic acids is 1. The van der Waals surface area contributed by atoms with Crippen molar-refractivity contribution >= 4 is 5.97 Å². The third-order valence-electron chi connectivity index (χ3n) is 3.24. The molecule has 0 radical (unpaired) electrons. The summed E-state index contributed by atoms with van der Waals surface area (Å²) in [7, 11) is 0. The van der Waals surface area contributed by atoms with Gasteiger partial charge in [-0.3, -0.25) is 9.78 Å². The molecule has 3 heteroatoms. The highest BCUT2D eigenvalue weighted by molar-refractivity contribution is 5.84. The van der Waals surface area contributed by atoms with Crippen molar-refractivity contribution in [3.05, 3.63) is 29.6 Å². The Bertz CT molecular complexity index is 411. The van der Waals surface area contributed by atoms with Crippen LogP contribution in [0.15, 0.2) is 18.3 Å². The van der Waals surface area contributed by atoms with Gasteiger partial charge in [0, 0.05) is 17.3 Å². The maximum absolute atomic E-state index is 11.1. The molecule has 1 aliphatic carbocycles. The third kappa shape index (κ3) is 1.70. The molecule has 0 bridgehead atoms. The minimum atomic E-state index is -0.724. The molecule has 1 aliphatic rings. The van der Waals surface area contributed by atoms with E-state index >= 15 is 0 Å². The van der Waals surface area contributed by atoms with Gasteiger partial charge in [-0.1, -0.05) is 26.8 Å². The Morgan fingerprint density at radius 2 is 2.00 bits per heavy atom. The van der Waals surface area contributed by atoms with Gasteiger partial charge in [-0.15, -0.1) is 0 Å². The van der Waals surface area contributed by atoms with Gasteiger partial charge in [0.1, 0.15) is 0 Å². The molecule has 1 heterocycles. The molecule has 0 amide bonds. The number of carbonyl (C=O) groups is 1.